The Morgan fingerprint density at radius 1 is 1.67 bits per heavy atom. The summed E-state index contributed by atoms with van der Waals surface area (Å²) in [7, 11) is 0. The summed E-state index contributed by atoms with van der Waals surface area (Å²) in [6, 6.07) is 0.533. The molecule has 1 N–H and O–H groups in total. The second-order valence-corrected chi connectivity index (χ2v) is 5.92. The van der Waals surface area contributed by atoms with Crippen molar-refractivity contribution in [2.45, 2.75) is 38.0 Å². The molecule has 2 heterocycles. The van der Waals surface area contributed by atoms with Gasteiger partial charge in [-0.05, 0) is 31.6 Å². The van der Waals surface area contributed by atoms with Gasteiger partial charge in [-0.3, -0.25) is 0 Å². The van der Waals surface area contributed by atoms with Crippen molar-refractivity contribution in [1.29, 1.82) is 0 Å². The van der Waals surface area contributed by atoms with Gasteiger partial charge in [0, 0.05) is 11.1 Å². The molecule has 1 fully saturated rings. The normalized spacial score (nSPS) is 21.0. The molecule has 1 atom stereocenters. The Kier molecular flexibility index (Phi) is 4.47. The van der Waals surface area contributed by atoms with E-state index in [4.69, 9.17) is 4.98 Å². The van der Waals surface area contributed by atoms with Gasteiger partial charge in [0.2, 0.25) is 0 Å². The van der Waals surface area contributed by atoms with Gasteiger partial charge < -0.3 is 5.32 Å². The molecule has 0 bridgehead atoms. The average Bonchev–Trinajstić information content (AvgIpc) is 2.87. The van der Waals surface area contributed by atoms with Gasteiger partial charge in [-0.15, -0.1) is 11.3 Å². The highest BCUT2D eigenvalue weighted by molar-refractivity contribution is 7.98. The Morgan fingerprint density at radius 2 is 2.60 bits per heavy atom. The molecule has 1 aromatic heterocycles. The maximum Gasteiger partial charge on any atom is 0.103 e. The monoisotopic (exact) mass is 242 g/mol. The van der Waals surface area contributed by atoms with Crippen LogP contribution in [0, 0.1) is 0 Å². The fourth-order valence-corrected chi connectivity index (χ4v) is 3.62. The molecule has 1 unspecified atom stereocenters. The summed E-state index contributed by atoms with van der Waals surface area (Å²) in [4.78, 5) is 4.70. The molecule has 84 valence electrons. The van der Waals surface area contributed by atoms with Gasteiger partial charge in [-0.25, -0.2) is 4.98 Å². The second-order valence-electron chi connectivity index (χ2n) is 3.87. The number of rotatable bonds is 5. The van der Waals surface area contributed by atoms with Gasteiger partial charge in [0.15, 0.2) is 0 Å². The van der Waals surface area contributed by atoms with E-state index in [1.165, 1.54) is 35.7 Å². The van der Waals surface area contributed by atoms with E-state index in [0.717, 1.165) is 12.3 Å². The minimum Gasteiger partial charge on any atom is -0.309 e. The standard InChI is InChI=1S/C11H18N2S2/c1-2-6-14-8-11-13-10(7-15-11)9-4-3-5-12-9/h7,9,12H,2-6,8H2,1H3. The van der Waals surface area contributed by atoms with Crippen LogP contribution in [0.3, 0.4) is 0 Å². The minimum absolute atomic E-state index is 0.533. The molecule has 0 aliphatic carbocycles. The van der Waals surface area contributed by atoms with E-state index in [2.05, 4.69) is 17.6 Å². The van der Waals surface area contributed by atoms with Crippen LogP contribution in [0.25, 0.3) is 0 Å². The summed E-state index contributed by atoms with van der Waals surface area (Å²) in [6.07, 6.45) is 3.81. The number of thioether (sulfide) groups is 1. The molecule has 4 heteroatoms. The number of nitrogens with one attached hydrogen (secondary N) is 1. The lowest BCUT2D eigenvalue weighted by Crippen LogP contribution is -2.13. The number of hydrogen-bond acceptors (Lipinski definition) is 4. The number of aromatic nitrogens is 1. The predicted octanol–water partition coefficient (Wildman–Crippen LogP) is 3.21. The summed E-state index contributed by atoms with van der Waals surface area (Å²) in [6.45, 7) is 3.38. The van der Waals surface area contributed by atoms with E-state index in [0.29, 0.717) is 6.04 Å². The molecule has 15 heavy (non-hydrogen) atoms. The second kappa shape index (κ2) is 5.87. The molecular formula is C11H18N2S2. The van der Waals surface area contributed by atoms with Crippen LogP contribution in [-0.2, 0) is 5.75 Å². The van der Waals surface area contributed by atoms with Gasteiger partial charge in [0.25, 0.3) is 0 Å². The fraction of sp³-hybridized carbons (Fsp3) is 0.727. The van der Waals surface area contributed by atoms with Crippen LogP contribution in [0.5, 0.6) is 0 Å². The molecule has 1 aliphatic heterocycles. The topological polar surface area (TPSA) is 24.9 Å². The lowest BCUT2D eigenvalue weighted by Gasteiger charge is -2.04. The smallest absolute Gasteiger partial charge is 0.103 e. The van der Waals surface area contributed by atoms with Crippen LogP contribution in [-0.4, -0.2) is 17.3 Å². The third kappa shape index (κ3) is 3.20. The molecule has 0 aromatic carbocycles. The zero-order valence-corrected chi connectivity index (χ0v) is 10.8. The lowest BCUT2D eigenvalue weighted by molar-refractivity contribution is 0.630. The SMILES string of the molecule is CCCSCc1nc(C2CCCN2)cs1. The molecular weight excluding hydrogens is 224 g/mol. The predicted molar refractivity (Wildman–Crippen MR) is 68.5 cm³/mol. The number of nitrogens with zero attached hydrogens (tertiary/aromatic N) is 1. The van der Waals surface area contributed by atoms with Crippen molar-refractivity contribution in [2.24, 2.45) is 0 Å². The molecule has 0 amide bonds. The molecule has 2 rings (SSSR count). The molecule has 1 aromatic rings. The summed E-state index contributed by atoms with van der Waals surface area (Å²) in [5, 5.41) is 7.01. The van der Waals surface area contributed by atoms with Crippen LogP contribution in [0.2, 0.25) is 0 Å². The molecule has 0 spiro atoms. The van der Waals surface area contributed by atoms with Crippen molar-refractivity contribution in [3.8, 4) is 0 Å². The van der Waals surface area contributed by atoms with Gasteiger partial charge in [-0.1, -0.05) is 6.92 Å². The van der Waals surface area contributed by atoms with E-state index in [1.54, 1.807) is 0 Å². The third-order valence-electron chi connectivity index (χ3n) is 2.56. The molecule has 0 radical (unpaired) electrons. The zero-order chi connectivity index (χ0) is 10.5. The van der Waals surface area contributed by atoms with Crippen LogP contribution in [0.1, 0.15) is 42.9 Å². The largest absolute Gasteiger partial charge is 0.309 e. The van der Waals surface area contributed by atoms with E-state index >= 15 is 0 Å². The molecule has 1 aliphatic rings. The van der Waals surface area contributed by atoms with E-state index < -0.39 is 0 Å². The van der Waals surface area contributed by atoms with Crippen molar-refractivity contribution in [3.05, 3.63) is 16.1 Å². The molecule has 2 nitrogen and oxygen atoms in total. The lowest BCUT2D eigenvalue weighted by atomic mass is 10.2. The Labute approximate surface area is 99.9 Å². The van der Waals surface area contributed by atoms with Crippen LogP contribution >= 0.6 is 23.1 Å². The van der Waals surface area contributed by atoms with Crippen molar-refractivity contribution in [1.82, 2.24) is 10.3 Å². The Hall–Kier alpha value is -0.0600. The quantitative estimate of drug-likeness (QED) is 0.803. The van der Waals surface area contributed by atoms with Gasteiger partial charge >= 0.3 is 0 Å². The van der Waals surface area contributed by atoms with Gasteiger partial charge in [-0.2, -0.15) is 11.8 Å². The maximum atomic E-state index is 4.70. The van der Waals surface area contributed by atoms with Gasteiger partial charge in [0.05, 0.1) is 11.7 Å². The molecule has 0 saturated carbocycles. The van der Waals surface area contributed by atoms with E-state index in [1.807, 2.05) is 23.1 Å². The van der Waals surface area contributed by atoms with Crippen LogP contribution in [0.4, 0.5) is 0 Å². The number of hydrogen-bond donors (Lipinski definition) is 1. The number of thiazole rings is 1. The van der Waals surface area contributed by atoms with E-state index in [-0.39, 0.29) is 0 Å². The Balaban J connectivity index is 1.86. The first-order valence-electron chi connectivity index (χ1n) is 5.65. The summed E-state index contributed by atoms with van der Waals surface area (Å²) in [5.74, 6) is 2.34. The molecule has 1 saturated heterocycles. The summed E-state index contributed by atoms with van der Waals surface area (Å²) >= 11 is 3.80. The maximum absolute atomic E-state index is 4.70. The van der Waals surface area contributed by atoms with Gasteiger partial charge in [0.1, 0.15) is 5.01 Å². The van der Waals surface area contributed by atoms with Crippen molar-refractivity contribution < 1.29 is 0 Å². The zero-order valence-electron chi connectivity index (χ0n) is 9.16. The highest BCUT2D eigenvalue weighted by atomic mass is 32.2. The first-order valence-corrected chi connectivity index (χ1v) is 7.69. The third-order valence-corrected chi connectivity index (χ3v) is 4.79. The highest BCUT2D eigenvalue weighted by Crippen LogP contribution is 2.26. The van der Waals surface area contributed by atoms with Crippen molar-refractivity contribution >= 4 is 23.1 Å². The van der Waals surface area contributed by atoms with Crippen LogP contribution < -0.4 is 5.32 Å². The van der Waals surface area contributed by atoms with E-state index in [9.17, 15) is 0 Å². The van der Waals surface area contributed by atoms with Crippen molar-refractivity contribution in [2.75, 3.05) is 12.3 Å². The first kappa shape index (κ1) is 11.4. The fourth-order valence-electron chi connectivity index (χ4n) is 1.79. The Morgan fingerprint density at radius 3 is 3.33 bits per heavy atom. The van der Waals surface area contributed by atoms with Crippen molar-refractivity contribution in [3.63, 3.8) is 0 Å². The average molecular weight is 242 g/mol. The van der Waals surface area contributed by atoms with Crippen LogP contribution in [0.15, 0.2) is 5.38 Å². The summed E-state index contributed by atoms with van der Waals surface area (Å²) in [5.41, 5.74) is 1.27. The summed E-state index contributed by atoms with van der Waals surface area (Å²) < 4.78 is 0. The first-order chi connectivity index (χ1) is 7.40. The Bertz CT molecular complexity index is 293. The minimum atomic E-state index is 0.533. The highest BCUT2D eigenvalue weighted by Gasteiger charge is 2.18.